The lowest BCUT2D eigenvalue weighted by Gasteiger charge is -2.36. The van der Waals surface area contributed by atoms with Crippen LogP contribution in [0.5, 0.6) is 0 Å². The van der Waals surface area contributed by atoms with Gasteiger partial charge in [0.2, 0.25) is 5.91 Å². The summed E-state index contributed by atoms with van der Waals surface area (Å²) in [5, 5.41) is 0. The van der Waals surface area contributed by atoms with Crippen LogP contribution in [0.1, 0.15) is 40.5 Å². The Bertz CT molecular complexity index is 332. The molecule has 0 radical (unpaired) electrons. The number of rotatable bonds is 4. The Hall–Kier alpha value is -0.780. The first-order valence-corrected chi connectivity index (χ1v) is 6.56. The molecule has 0 aromatic rings. The first-order chi connectivity index (χ1) is 8.43. The highest BCUT2D eigenvalue weighted by molar-refractivity contribution is 5.82. The van der Waals surface area contributed by atoms with Gasteiger partial charge < -0.3 is 10.6 Å². The maximum atomic E-state index is 12.6. The van der Waals surface area contributed by atoms with Crippen LogP contribution in [0.15, 0.2) is 0 Å². The molecule has 3 nitrogen and oxygen atoms in total. The van der Waals surface area contributed by atoms with E-state index in [0.717, 1.165) is 17.7 Å². The molecule has 1 rings (SSSR count). The van der Waals surface area contributed by atoms with Crippen molar-refractivity contribution in [1.29, 1.82) is 0 Å². The third kappa shape index (κ3) is 4.67. The molecule has 0 aliphatic heterocycles. The number of halogens is 3. The zero-order valence-electron chi connectivity index (χ0n) is 11.9. The third-order valence-electron chi connectivity index (χ3n) is 3.63. The van der Waals surface area contributed by atoms with Crippen LogP contribution in [0.25, 0.3) is 0 Å². The van der Waals surface area contributed by atoms with E-state index in [4.69, 9.17) is 5.73 Å². The summed E-state index contributed by atoms with van der Waals surface area (Å²) in [7, 11) is 0. The maximum absolute atomic E-state index is 12.6. The molecule has 1 aliphatic carbocycles. The Morgan fingerprint density at radius 1 is 1.32 bits per heavy atom. The van der Waals surface area contributed by atoms with Gasteiger partial charge in [0.05, 0.1) is 6.04 Å². The fraction of sp³-hybridized carbons (Fsp3) is 0.923. The third-order valence-corrected chi connectivity index (χ3v) is 3.63. The predicted molar refractivity (Wildman–Crippen MR) is 67.4 cm³/mol. The van der Waals surface area contributed by atoms with Crippen molar-refractivity contribution in [2.24, 2.45) is 17.1 Å². The number of amides is 1. The molecule has 0 heterocycles. The van der Waals surface area contributed by atoms with E-state index < -0.39 is 36.1 Å². The van der Waals surface area contributed by atoms with Crippen molar-refractivity contribution in [2.45, 2.75) is 58.8 Å². The Kier molecular flexibility index (Phi) is 4.55. The number of alkyl halides is 3. The molecule has 2 unspecified atom stereocenters. The summed E-state index contributed by atoms with van der Waals surface area (Å²) in [6.07, 6.45) is -2.63. The van der Waals surface area contributed by atoms with E-state index in [1.807, 2.05) is 0 Å². The summed E-state index contributed by atoms with van der Waals surface area (Å²) in [6, 6.07) is -1.32. The molecule has 1 aliphatic rings. The van der Waals surface area contributed by atoms with Crippen LogP contribution in [0.2, 0.25) is 0 Å². The van der Waals surface area contributed by atoms with Gasteiger partial charge in [-0.25, -0.2) is 0 Å². The molecule has 1 fully saturated rings. The van der Waals surface area contributed by atoms with E-state index in [9.17, 15) is 18.0 Å². The van der Waals surface area contributed by atoms with E-state index >= 15 is 0 Å². The molecule has 112 valence electrons. The Labute approximate surface area is 112 Å². The predicted octanol–water partition coefficient (Wildman–Crippen LogP) is 2.55. The van der Waals surface area contributed by atoms with E-state index in [0.29, 0.717) is 0 Å². The number of nitrogens with zero attached hydrogens (tertiary/aromatic N) is 1. The summed E-state index contributed by atoms with van der Waals surface area (Å²) in [5.74, 6) is -0.428. The minimum atomic E-state index is -4.39. The fourth-order valence-electron chi connectivity index (χ4n) is 2.00. The van der Waals surface area contributed by atoms with E-state index in [1.165, 1.54) is 0 Å². The second kappa shape index (κ2) is 5.31. The number of hydrogen-bond donors (Lipinski definition) is 1. The van der Waals surface area contributed by atoms with Gasteiger partial charge in [0.25, 0.3) is 0 Å². The normalized spacial score (nSPS) is 20.0. The number of carbonyl (C=O) groups is 1. The van der Waals surface area contributed by atoms with Gasteiger partial charge in [-0.05, 0) is 31.1 Å². The smallest absolute Gasteiger partial charge is 0.329 e. The summed E-state index contributed by atoms with van der Waals surface area (Å²) >= 11 is 0. The van der Waals surface area contributed by atoms with Crippen LogP contribution < -0.4 is 5.73 Å². The molecule has 0 bridgehead atoms. The highest BCUT2D eigenvalue weighted by Gasteiger charge is 2.43. The number of hydrogen-bond acceptors (Lipinski definition) is 2. The minimum Gasteiger partial charge on any atom is -0.329 e. The van der Waals surface area contributed by atoms with Crippen molar-refractivity contribution < 1.29 is 18.0 Å². The van der Waals surface area contributed by atoms with Gasteiger partial charge >= 0.3 is 6.18 Å². The first-order valence-electron chi connectivity index (χ1n) is 6.56. The monoisotopic (exact) mass is 280 g/mol. The van der Waals surface area contributed by atoms with Gasteiger partial charge in [-0.1, -0.05) is 20.8 Å². The zero-order valence-corrected chi connectivity index (χ0v) is 11.9. The van der Waals surface area contributed by atoms with Crippen LogP contribution >= 0.6 is 0 Å². The van der Waals surface area contributed by atoms with Crippen LogP contribution in [-0.4, -0.2) is 35.6 Å². The van der Waals surface area contributed by atoms with E-state index in [-0.39, 0.29) is 5.92 Å². The summed E-state index contributed by atoms with van der Waals surface area (Å²) < 4.78 is 37.9. The lowest BCUT2D eigenvalue weighted by molar-refractivity contribution is -0.168. The topological polar surface area (TPSA) is 46.3 Å². The molecule has 0 aromatic carbocycles. The molecular formula is C13H23F3N2O. The van der Waals surface area contributed by atoms with Gasteiger partial charge in [0, 0.05) is 6.04 Å². The molecule has 0 spiro atoms. The molecule has 19 heavy (non-hydrogen) atoms. The Balaban J connectivity index is 2.86. The molecular weight excluding hydrogens is 257 g/mol. The summed E-state index contributed by atoms with van der Waals surface area (Å²) in [4.78, 5) is 13.2. The van der Waals surface area contributed by atoms with Gasteiger partial charge in [-0.15, -0.1) is 0 Å². The van der Waals surface area contributed by atoms with Crippen molar-refractivity contribution in [3.63, 3.8) is 0 Å². The van der Waals surface area contributed by atoms with Crippen LogP contribution in [0, 0.1) is 11.3 Å². The van der Waals surface area contributed by atoms with Crippen molar-refractivity contribution in [2.75, 3.05) is 6.54 Å². The average Bonchev–Trinajstić information content (AvgIpc) is 3.03. The largest absolute Gasteiger partial charge is 0.406 e. The van der Waals surface area contributed by atoms with E-state index in [1.54, 1.807) is 27.7 Å². The zero-order chi connectivity index (χ0) is 15.0. The van der Waals surface area contributed by atoms with Gasteiger partial charge in [-0.3, -0.25) is 4.79 Å². The minimum absolute atomic E-state index is 0.179. The van der Waals surface area contributed by atoms with Crippen LogP contribution in [0.3, 0.4) is 0 Å². The van der Waals surface area contributed by atoms with Crippen molar-refractivity contribution >= 4 is 5.91 Å². The SMILES string of the molecule is CC(C1CC1)N(CC(F)(F)F)C(=O)C(N)C(C)(C)C. The van der Waals surface area contributed by atoms with Crippen molar-refractivity contribution in [1.82, 2.24) is 4.90 Å². The molecule has 1 amide bonds. The standard InChI is InChI=1S/C13H23F3N2O/c1-8(9-5-6-9)18(7-13(14,15)16)11(19)10(17)12(2,3)4/h8-10H,5-7,17H2,1-4H3. The highest BCUT2D eigenvalue weighted by Crippen LogP contribution is 2.37. The summed E-state index contributed by atoms with van der Waals surface area (Å²) in [5.41, 5.74) is 5.26. The lowest BCUT2D eigenvalue weighted by atomic mass is 9.86. The molecule has 2 atom stereocenters. The fourth-order valence-corrected chi connectivity index (χ4v) is 2.00. The quantitative estimate of drug-likeness (QED) is 0.860. The maximum Gasteiger partial charge on any atom is 0.406 e. The van der Waals surface area contributed by atoms with E-state index in [2.05, 4.69) is 0 Å². The number of nitrogens with two attached hydrogens (primary N) is 1. The first kappa shape index (κ1) is 16.3. The molecule has 0 aromatic heterocycles. The molecule has 0 saturated heterocycles. The average molecular weight is 280 g/mol. The van der Waals surface area contributed by atoms with Gasteiger partial charge in [-0.2, -0.15) is 13.2 Å². The molecule has 2 N–H and O–H groups in total. The second-order valence-corrected chi connectivity index (χ2v) is 6.50. The Morgan fingerprint density at radius 3 is 2.11 bits per heavy atom. The second-order valence-electron chi connectivity index (χ2n) is 6.50. The molecule has 6 heteroatoms. The lowest BCUT2D eigenvalue weighted by Crippen LogP contribution is -2.55. The van der Waals surface area contributed by atoms with Gasteiger partial charge in [0.1, 0.15) is 6.54 Å². The van der Waals surface area contributed by atoms with Crippen molar-refractivity contribution in [3.05, 3.63) is 0 Å². The van der Waals surface area contributed by atoms with Crippen LogP contribution in [-0.2, 0) is 4.79 Å². The Morgan fingerprint density at radius 2 is 1.79 bits per heavy atom. The molecule has 1 saturated carbocycles. The van der Waals surface area contributed by atoms with Gasteiger partial charge in [0.15, 0.2) is 0 Å². The van der Waals surface area contributed by atoms with Crippen molar-refractivity contribution in [3.8, 4) is 0 Å². The summed E-state index contributed by atoms with van der Waals surface area (Å²) in [6.45, 7) is 5.72. The number of carbonyl (C=O) groups excluding carboxylic acids is 1. The van der Waals surface area contributed by atoms with Crippen LogP contribution in [0.4, 0.5) is 13.2 Å². The highest BCUT2D eigenvalue weighted by atomic mass is 19.4.